The van der Waals surface area contributed by atoms with Crippen LogP contribution in [0.4, 0.5) is 5.13 Å². The predicted octanol–water partition coefficient (Wildman–Crippen LogP) is 3.67. The molecule has 1 aromatic carbocycles. The van der Waals surface area contributed by atoms with E-state index in [2.05, 4.69) is 45.0 Å². The van der Waals surface area contributed by atoms with Crippen molar-refractivity contribution in [3.8, 4) is 11.3 Å². The van der Waals surface area contributed by atoms with Crippen LogP contribution >= 0.6 is 11.3 Å². The molecule has 0 spiro atoms. The van der Waals surface area contributed by atoms with Gasteiger partial charge in [-0.2, -0.15) is 0 Å². The Kier molecular flexibility index (Phi) is 7.01. The minimum Gasteiger partial charge on any atom is -0.459 e. The molecule has 0 radical (unpaired) electrons. The molecule has 3 rings (SSSR count). The number of hydrogen-bond donors (Lipinski definition) is 1. The standard InChI is InChI=1S/C22H27N3O2S/c1-4-24(5-2)13-7-14-25(21(26)20-8-6-15-27-20)22-23-19(16-28-22)18-11-9-17(3)10-12-18/h6,8-12,15-16H,4-5,7,13-14H2,1-3H3/p+1. The van der Waals surface area contributed by atoms with Crippen molar-refractivity contribution in [3.05, 3.63) is 59.4 Å². The van der Waals surface area contributed by atoms with Gasteiger partial charge in [-0.15, -0.1) is 11.3 Å². The Hall–Kier alpha value is -2.44. The highest BCUT2D eigenvalue weighted by Crippen LogP contribution is 2.28. The van der Waals surface area contributed by atoms with E-state index in [0.29, 0.717) is 17.4 Å². The number of rotatable bonds is 9. The Labute approximate surface area is 170 Å². The Morgan fingerprint density at radius 1 is 1.18 bits per heavy atom. The molecule has 0 aliphatic heterocycles. The summed E-state index contributed by atoms with van der Waals surface area (Å²) in [4.78, 5) is 21.0. The third kappa shape index (κ3) is 4.88. The van der Waals surface area contributed by atoms with Gasteiger partial charge in [-0.05, 0) is 32.9 Å². The van der Waals surface area contributed by atoms with Gasteiger partial charge in [-0.3, -0.25) is 9.69 Å². The molecule has 2 heterocycles. The monoisotopic (exact) mass is 398 g/mol. The van der Waals surface area contributed by atoms with Crippen LogP contribution in [0.15, 0.2) is 52.5 Å². The number of hydrogen-bond acceptors (Lipinski definition) is 4. The highest BCUT2D eigenvalue weighted by molar-refractivity contribution is 7.14. The normalized spacial score (nSPS) is 11.1. The molecule has 1 N–H and O–H groups in total. The fraction of sp³-hybridized carbons (Fsp3) is 0.364. The van der Waals surface area contributed by atoms with Crippen molar-refractivity contribution in [3.63, 3.8) is 0 Å². The fourth-order valence-electron chi connectivity index (χ4n) is 3.15. The zero-order valence-electron chi connectivity index (χ0n) is 16.8. The SMILES string of the molecule is CC[NH+](CC)CCCN(C(=O)c1ccco1)c1nc(-c2ccc(C)cc2)cs1. The van der Waals surface area contributed by atoms with Gasteiger partial charge in [-0.25, -0.2) is 4.98 Å². The zero-order chi connectivity index (χ0) is 19.9. The Morgan fingerprint density at radius 3 is 2.57 bits per heavy atom. The molecule has 0 fully saturated rings. The van der Waals surface area contributed by atoms with Crippen LogP contribution in [-0.2, 0) is 0 Å². The number of furan rings is 1. The van der Waals surface area contributed by atoms with Crippen molar-refractivity contribution in [1.29, 1.82) is 0 Å². The second-order valence-corrected chi connectivity index (χ2v) is 7.71. The highest BCUT2D eigenvalue weighted by Gasteiger charge is 2.23. The third-order valence-corrected chi connectivity index (χ3v) is 5.82. The Balaban J connectivity index is 1.80. The second-order valence-electron chi connectivity index (χ2n) is 6.88. The number of carbonyl (C=O) groups is 1. The van der Waals surface area contributed by atoms with Crippen LogP contribution in [0, 0.1) is 6.92 Å². The molecule has 5 nitrogen and oxygen atoms in total. The van der Waals surface area contributed by atoms with Gasteiger partial charge in [0.1, 0.15) is 0 Å². The molecule has 148 valence electrons. The lowest BCUT2D eigenvalue weighted by Gasteiger charge is -2.21. The summed E-state index contributed by atoms with van der Waals surface area (Å²) in [5.41, 5.74) is 3.17. The van der Waals surface area contributed by atoms with Gasteiger partial charge in [0.15, 0.2) is 10.9 Å². The lowest BCUT2D eigenvalue weighted by molar-refractivity contribution is -0.896. The maximum Gasteiger partial charge on any atom is 0.295 e. The largest absolute Gasteiger partial charge is 0.459 e. The molecule has 0 saturated carbocycles. The molecule has 3 aromatic rings. The number of aryl methyl sites for hydroxylation is 1. The van der Waals surface area contributed by atoms with Gasteiger partial charge >= 0.3 is 0 Å². The number of thiazole rings is 1. The van der Waals surface area contributed by atoms with E-state index in [1.807, 2.05) is 5.38 Å². The van der Waals surface area contributed by atoms with E-state index >= 15 is 0 Å². The van der Waals surface area contributed by atoms with E-state index in [1.165, 1.54) is 28.1 Å². The topological polar surface area (TPSA) is 50.8 Å². The Morgan fingerprint density at radius 2 is 1.93 bits per heavy atom. The average molecular weight is 399 g/mol. The number of anilines is 1. The fourth-order valence-corrected chi connectivity index (χ4v) is 4.01. The summed E-state index contributed by atoms with van der Waals surface area (Å²) in [6, 6.07) is 11.7. The molecule has 28 heavy (non-hydrogen) atoms. The molecule has 1 amide bonds. The van der Waals surface area contributed by atoms with Crippen molar-refractivity contribution >= 4 is 22.4 Å². The molecule has 0 atom stereocenters. The molecular formula is C22H28N3O2S+. The lowest BCUT2D eigenvalue weighted by atomic mass is 10.1. The molecule has 0 unspecified atom stereocenters. The van der Waals surface area contributed by atoms with E-state index in [1.54, 1.807) is 17.0 Å². The maximum absolute atomic E-state index is 13.0. The quantitative estimate of drug-likeness (QED) is 0.598. The zero-order valence-corrected chi connectivity index (χ0v) is 17.6. The number of benzene rings is 1. The van der Waals surface area contributed by atoms with Crippen molar-refractivity contribution < 1.29 is 14.1 Å². The predicted molar refractivity (Wildman–Crippen MR) is 114 cm³/mol. The van der Waals surface area contributed by atoms with Gasteiger partial charge in [0.25, 0.3) is 5.91 Å². The van der Waals surface area contributed by atoms with E-state index in [4.69, 9.17) is 9.40 Å². The van der Waals surface area contributed by atoms with Crippen LogP contribution in [0.3, 0.4) is 0 Å². The maximum atomic E-state index is 13.0. The van der Waals surface area contributed by atoms with Crippen LogP contribution in [-0.4, -0.2) is 37.1 Å². The minimum absolute atomic E-state index is 0.135. The smallest absolute Gasteiger partial charge is 0.295 e. The van der Waals surface area contributed by atoms with Crippen molar-refractivity contribution in [2.75, 3.05) is 31.1 Å². The number of quaternary nitrogens is 1. The van der Waals surface area contributed by atoms with E-state index in [-0.39, 0.29) is 5.91 Å². The number of nitrogens with zero attached hydrogens (tertiary/aromatic N) is 2. The molecule has 0 aliphatic carbocycles. The van der Waals surface area contributed by atoms with Crippen LogP contribution in [0.25, 0.3) is 11.3 Å². The summed E-state index contributed by atoms with van der Waals surface area (Å²) < 4.78 is 5.35. The van der Waals surface area contributed by atoms with Gasteiger partial charge in [0.2, 0.25) is 0 Å². The summed E-state index contributed by atoms with van der Waals surface area (Å²) in [6.45, 7) is 10.3. The third-order valence-electron chi connectivity index (χ3n) is 4.96. The first-order chi connectivity index (χ1) is 13.6. The molecule has 2 aromatic heterocycles. The Bertz CT molecular complexity index is 868. The van der Waals surface area contributed by atoms with Crippen LogP contribution in [0.2, 0.25) is 0 Å². The highest BCUT2D eigenvalue weighted by atomic mass is 32.1. The van der Waals surface area contributed by atoms with Gasteiger partial charge in [0.05, 0.1) is 31.6 Å². The summed E-state index contributed by atoms with van der Waals surface area (Å²) in [5.74, 6) is 0.214. The summed E-state index contributed by atoms with van der Waals surface area (Å²) in [5, 5.41) is 2.73. The van der Waals surface area contributed by atoms with Gasteiger partial charge in [-0.1, -0.05) is 29.8 Å². The van der Waals surface area contributed by atoms with E-state index < -0.39 is 0 Å². The molecule has 0 aliphatic rings. The minimum atomic E-state index is -0.135. The average Bonchev–Trinajstić information content (AvgIpc) is 3.41. The van der Waals surface area contributed by atoms with Crippen LogP contribution in [0.1, 0.15) is 36.4 Å². The first kappa shape index (κ1) is 20.3. The van der Waals surface area contributed by atoms with Crippen LogP contribution in [0.5, 0.6) is 0 Å². The first-order valence-electron chi connectivity index (χ1n) is 9.83. The number of aromatic nitrogens is 1. The first-order valence-corrected chi connectivity index (χ1v) is 10.7. The molecule has 6 heteroatoms. The summed E-state index contributed by atoms with van der Waals surface area (Å²) in [6.07, 6.45) is 2.45. The number of carbonyl (C=O) groups excluding carboxylic acids is 1. The van der Waals surface area contributed by atoms with Crippen LogP contribution < -0.4 is 9.80 Å². The van der Waals surface area contributed by atoms with E-state index in [0.717, 1.165) is 37.3 Å². The van der Waals surface area contributed by atoms with E-state index in [9.17, 15) is 4.79 Å². The van der Waals surface area contributed by atoms with Crippen molar-refractivity contribution in [2.24, 2.45) is 0 Å². The lowest BCUT2D eigenvalue weighted by Crippen LogP contribution is -3.11. The molecular weight excluding hydrogens is 370 g/mol. The summed E-state index contributed by atoms with van der Waals surface area (Å²) in [7, 11) is 0. The van der Waals surface area contributed by atoms with Crippen molar-refractivity contribution in [2.45, 2.75) is 27.2 Å². The number of nitrogens with one attached hydrogen (secondary N) is 1. The number of amides is 1. The summed E-state index contributed by atoms with van der Waals surface area (Å²) >= 11 is 1.50. The molecule has 0 bridgehead atoms. The van der Waals surface area contributed by atoms with Crippen molar-refractivity contribution in [1.82, 2.24) is 4.98 Å². The second kappa shape index (κ2) is 9.66. The molecule has 0 saturated heterocycles. The van der Waals surface area contributed by atoms with Gasteiger partial charge < -0.3 is 9.32 Å². The van der Waals surface area contributed by atoms with Gasteiger partial charge in [0, 0.05) is 23.9 Å².